The molecule has 5 nitrogen and oxygen atoms in total. The van der Waals surface area contributed by atoms with Gasteiger partial charge in [-0.25, -0.2) is 8.78 Å². The summed E-state index contributed by atoms with van der Waals surface area (Å²) in [5.74, 6) is -1.24. The second kappa shape index (κ2) is 6.57. The molecule has 0 aliphatic carbocycles. The number of fused-ring (bicyclic) bond motifs is 1. The highest BCUT2D eigenvalue weighted by Gasteiger charge is 2.30. The van der Waals surface area contributed by atoms with E-state index >= 15 is 0 Å². The molecule has 1 aromatic heterocycles. The first-order chi connectivity index (χ1) is 10.8. The molecule has 2 heterocycles. The van der Waals surface area contributed by atoms with E-state index in [2.05, 4.69) is 4.98 Å². The van der Waals surface area contributed by atoms with E-state index in [1.807, 2.05) is 13.8 Å². The Morgan fingerprint density at radius 1 is 1.42 bits per heavy atom. The van der Waals surface area contributed by atoms with Gasteiger partial charge in [0.15, 0.2) is 0 Å². The highest BCUT2D eigenvalue weighted by Crippen LogP contribution is 2.37. The van der Waals surface area contributed by atoms with Crippen LogP contribution in [0.15, 0.2) is 6.07 Å². The van der Waals surface area contributed by atoms with Crippen molar-refractivity contribution in [3.05, 3.63) is 28.7 Å². The second-order valence-corrected chi connectivity index (χ2v) is 6.16. The van der Waals surface area contributed by atoms with Crippen molar-refractivity contribution in [3.8, 4) is 0 Å². The summed E-state index contributed by atoms with van der Waals surface area (Å²) in [4.78, 5) is 16.5. The predicted octanol–water partition coefficient (Wildman–Crippen LogP) is 2.32. The number of benzene rings is 1. The van der Waals surface area contributed by atoms with E-state index in [0.29, 0.717) is 23.1 Å². The molecule has 0 radical (unpaired) electrons. The molecule has 0 unspecified atom stereocenters. The van der Waals surface area contributed by atoms with Crippen molar-refractivity contribution < 1.29 is 13.6 Å². The molecule has 8 heteroatoms. The van der Waals surface area contributed by atoms with Gasteiger partial charge in [-0.15, -0.1) is 12.4 Å². The van der Waals surface area contributed by atoms with Gasteiger partial charge in [0.05, 0.1) is 22.8 Å². The molecule has 0 spiro atoms. The molecule has 132 valence electrons. The highest BCUT2D eigenvalue weighted by atomic mass is 35.5. The summed E-state index contributed by atoms with van der Waals surface area (Å²) in [7, 11) is 0. The largest absolute Gasteiger partial charge is 0.367 e. The third-order valence-electron chi connectivity index (χ3n) is 4.66. The summed E-state index contributed by atoms with van der Waals surface area (Å²) in [6, 6.07) is 0.483. The molecule has 0 saturated carbocycles. The van der Waals surface area contributed by atoms with Crippen LogP contribution in [-0.2, 0) is 0 Å². The zero-order valence-electron chi connectivity index (χ0n) is 13.5. The van der Waals surface area contributed by atoms with Crippen LogP contribution in [0, 0.1) is 19.7 Å². The van der Waals surface area contributed by atoms with Crippen LogP contribution in [0.1, 0.15) is 28.0 Å². The number of hydrogen-bond donors (Lipinski definition) is 3. The molecule has 0 bridgehead atoms. The Morgan fingerprint density at radius 2 is 2.08 bits per heavy atom. The molecule has 1 aromatic carbocycles. The van der Waals surface area contributed by atoms with Crippen LogP contribution in [0.3, 0.4) is 0 Å². The highest BCUT2D eigenvalue weighted by molar-refractivity contribution is 6.10. The van der Waals surface area contributed by atoms with Gasteiger partial charge in [0, 0.05) is 24.2 Å². The maximum Gasteiger partial charge on any atom is 0.250 e. The number of piperidine rings is 1. The van der Waals surface area contributed by atoms with Gasteiger partial charge in [0.25, 0.3) is 5.91 Å². The van der Waals surface area contributed by atoms with Gasteiger partial charge in [-0.3, -0.25) is 4.79 Å². The number of hydrogen-bond acceptors (Lipinski definition) is 3. The standard InChI is InChI=1S/C16H20F2N4O.ClH/c1-7-8(2)21-14-9(16(20)23)5-11(18)15(13(7)14)22-4-3-10(17)12(19)6-22;/h5,10,12,21H,3-4,6,19H2,1-2H3,(H2,20,23);1H/t10-,12+;/m1./s1. The average Bonchev–Trinajstić information content (AvgIpc) is 2.77. The Morgan fingerprint density at radius 3 is 2.67 bits per heavy atom. The van der Waals surface area contributed by atoms with Crippen LogP contribution >= 0.6 is 12.4 Å². The monoisotopic (exact) mass is 358 g/mol. The lowest BCUT2D eigenvalue weighted by Gasteiger charge is -2.35. The molecular formula is C16H21ClF2N4O. The molecule has 24 heavy (non-hydrogen) atoms. The molecule has 1 saturated heterocycles. The number of H-pyrrole nitrogens is 1. The van der Waals surface area contributed by atoms with E-state index in [0.717, 1.165) is 17.3 Å². The summed E-state index contributed by atoms with van der Waals surface area (Å²) in [6.45, 7) is 4.30. The summed E-state index contributed by atoms with van der Waals surface area (Å²) in [5.41, 5.74) is 13.8. The van der Waals surface area contributed by atoms with E-state index in [1.54, 1.807) is 4.90 Å². The number of nitrogens with one attached hydrogen (secondary N) is 1. The molecule has 2 atom stereocenters. The van der Waals surface area contributed by atoms with Crippen LogP contribution in [-0.4, -0.2) is 36.2 Å². The van der Waals surface area contributed by atoms with E-state index in [-0.39, 0.29) is 30.9 Å². The fourth-order valence-electron chi connectivity index (χ4n) is 3.26. The molecule has 5 N–H and O–H groups in total. The van der Waals surface area contributed by atoms with Crippen LogP contribution in [0.25, 0.3) is 10.9 Å². The van der Waals surface area contributed by atoms with Crippen molar-refractivity contribution in [2.75, 3.05) is 18.0 Å². The van der Waals surface area contributed by atoms with E-state index < -0.39 is 23.9 Å². The number of rotatable bonds is 2. The zero-order chi connectivity index (χ0) is 16.9. The summed E-state index contributed by atoms with van der Waals surface area (Å²) < 4.78 is 28.4. The maximum atomic E-state index is 14.7. The topological polar surface area (TPSA) is 88.1 Å². The van der Waals surface area contributed by atoms with Crippen molar-refractivity contribution in [1.29, 1.82) is 0 Å². The van der Waals surface area contributed by atoms with Crippen LogP contribution in [0.4, 0.5) is 14.5 Å². The summed E-state index contributed by atoms with van der Waals surface area (Å²) >= 11 is 0. The number of carbonyl (C=O) groups is 1. The normalized spacial score (nSPS) is 21.0. The summed E-state index contributed by atoms with van der Waals surface area (Å²) in [6.07, 6.45) is -0.828. The number of alkyl halides is 1. The molecule has 3 rings (SSSR count). The first kappa shape index (κ1) is 18.5. The van der Waals surface area contributed by atoms with Crippen molar-refractivity contribution >= 4 is 34.9 Å². The number of aromatic amines is 1. The number of carbonyl (C=O) groups excluding carboxylic acids is 1. The lowest BCUT2D eigenvalue weighted by atomic mass is 10.00. The number of nitrogens with zero attached hydrogens (tertiary/aromatic N) is 1. The average molecular weight is 359 g/mol. The van der Waals surface area contributed by atoms with Gasteiger partial charge >= 0.3 is 0 Å². The third-order valence-corrected chi connectivity index (χ3v) is 4.66. The Balaban J connectivity index is 0.00000208. The van der Waals surface area contributed by atoms with E-state index in [1.165, 1.54) is 0 Å². The van der Waals surface area contributed by atoms with Gasteiger partial charge in [-0.2, -0.15) is 0 Å². The Hall–Kier alpha value is -1.86. The lowest BCUT2D eigenvalue weighted by Crippen LogP contribution is -2.50. The van der Waals surface area contributed by atoms with E-state index in [9.17, 15) is 13.6 Å². The van der Waals surface area contributed by atoms with Gasteiger partial charge in [0.1, 0.15) is 12.0 Å². The molecule has 1 amide bonds. The smallest absolute Gasteiger partial charge is 0.250 e. The van der Waals surface area contributed by atoms with E-state index in [4.69, 9.17) is 11.5 Å². The molecular weight excluding hydrogens is 338 g/mol. The van der Waals surface area contributed by atoms with Crippen molar-refractivity contribution in [2.45, 2.75) is 32.5 Å². The van der Waals surface area contributed by atoms with Crippen molar-refractivity contribution in [1.82, 2.24) is 4.98 Å². The number of amides is 1. The van der Waals surface area contributed by atoms with Crippen molar-refractivity contribution in [2.24, 2.45) is 11.5 Å². The minimum Gasteiger partial charge on any atom is -0.367 e. The third kappa shape index (κ3) is 2.82. The van der Waals surface area contributed by atoms with Crippen LogP contribution in [0.5, 0.6) is 0 Å². The Labute approximate surface area is 144 Å². The maximum absolute atomic E-state index is 14.7. The molecule has 2 aromatic rings. The lowest BCUT2D eigenvalue weighted by molar-refractivity contribution is 0.100. The van der Waals surface area contributed by atoms with Crippen LogP contribution in [0.2, 0.25) is 0 Å². The van der Waals surface area contributed by atoms with Gasteiger partial charge in [0.2, 0.25) is 0 Å². The summed E-state index contributed by atoms with van der Waals surface area (Å²) in [5, 5.41) is 0.612. The quantitative estimate of drug-likeness (QED) is 0.769. The number of halogens is 3. The second-order valence-electron chi connectivity index (χ2n) is 6.16. The fourth-order valence-corrected chi connectivity index (χ4v) is 3.26. The number of anilines is 1. The zero-order valence-corrected chi connectivity index (χ0v) is 14.3. The van der Waals surface area contributed by atoms with Crippen molar-refractivity contribution in [3.63, 3.8) is 0 Å². The van der Waals surface area contributed by atoms with Gasteiger partial charge in [-0.05, 0) is 31.9 Å². The number of primary amides is 1. The van der Waals surface area contributed by atoms with Crippen LogP contribution < -0.4 is 16.4 Å². The minimum atomic E-state index is -1.08. The first-order valence-corrected chi connectivity index (χ1v) is 7.57. The fraction of sp³-hybridized carbons (Fsp3) is 0.438. The minimum absolute atomic E-state index is 0. The van der Waals surface area contributed by atoms with Gasteiger partial charge < -0.3 is 21.4 Å². The molecule has 1 fully saturated rings. The number of aromatic nitrogens is 1. The predicted molar refractivity (Wildman–Crippen MR) is 93.2 cm³/mol. The first-order valence-electron chi connectivity index (χ1n) is 7.57. The SMILES string of the molecule is Cc1[nH]c2c(C(N)=O)cc(F)c(N3CC[C@@H](F)[C@@H](N)C3)c2c1C.Cl. The van der Waals surface area contributed by atoms with Gasteiger partial charge in [-0.1, -0.05) is 0 Å². The number of aryl methyl sites for hydroxylation is 2. The number of nitrogens with two attached hydrogens (primary N) is 2. The Bertz CT molecular complexity index is 792. The molecule has 1 aliphatic rings. The Kier molecular flexibility index (Phi) is 5.05. The molecule has 1 aliphatic heterocycles.